The number of anilines is 1. The summed E-state index contributed by atoms with van der Waals surface area (Å²) in [4.78, 5) is 25.0. The zero-order valence-corrected chi connectivity index (χ0v) is 16.6. The first kappa shape index (κ1) is 20.4. The molecule has 7 heteroatoms. The van der Waals surface area contributed by atoms with Gasteiger partial charge < -0.3 is 24.3 Å². The largest absolute Gasteiger partial charge is 0.493 e. The highest BCUT2D eigenvalue weighted by Gasteiger charge is 2.19. The molecule has 0 saturated heterocycles. The van der Waals surface area contributed by atoms with Crippen molar-refractivity contribution in [2.75, 3.05) is 26.1 Å². The Morgan fingerprint density at radius 1 is 1.10 bits per heavy atom. The first-order valence-electron chi connectivity index (χ1n) is 9.15. The summed E-state index contributed by atoms with van der Waals surface area (Å²) in [5, 5.41) is 12.4. The first-order valence-corrected chi connectivity index (χ1v) is 9.15. The van der Waals surface area contributed by atoms with Gasteiger partial charge in [0, 0.05) is 17.7 Å². The van der Waals surface area contributed by atoms with Gasteiger partial charge in [0.1, 0.15) is 0 Å². The Morgan fingerprint density at radius 3 is 2.45 bits per heavy atom. The standard InChI is InChI=1S/C22H23NO6/c1-13-16-8-9-18(27-2)21(28-3)20(16)29-22(26)17(13)12-19(25)23-15-6-4-14(5-7-15)10-11-24/h4-9,24H,10-12H2,1-3H3,(H,23,25). The molecule has 29 heavy (non-hydrogen) atoms. The highest BCUT2D eigenvalue weighted by Crippen LogP contribution is 2.36. The Labute approximate surface area is 167 Å². The number of nitrogens with one attached hydrogen (secondary N) is 1. The van der Waals surface area contributed by atoms with Crippen molar-refractivity contribution in [3.63, 3.8) is 0 Å². The molecule has 1 heterocycles. The fraction of sp³-hybridized carbons (Fsp3) is 0.273. The summed E-state index contributed by atoms with van der Waals surface area (Å²) in [6.45, 7) is 1.84. The highest BCUT2D eigenvalue weighted by atomic mass is 16.5. The van der Waals surface area contributed by atoms with Crippen LogP contribution in [0.25, 0.3) is 11.0 Å². The molecule has 2 N–H and O–H groups in total. The Hall–Kier alpha value is -3.32. The van der Waals surface area contributed by atoms with Crippen LogP contribution in [0.4, 0.5) is 5.69 Å². The molecule has 0 saturated carbocycles. The van der Waals surface area contributed by atoms with Crippen LogP contribution in [0.2, 0.25) is 0 Å². The molecule has 0 atom stereocenters. The number of hydrogen-bond acceptors (Lipinski definition) is 6. The Morgan fingerprint density at radius 2 is 1.83 bits per heavy atom. The molecule has 3 rings (SSSR count). The van der Waals surface area contributed by atoms with Crippen LogP contribution in [-0.4, -0.2) is 31.8 Å². The number of aliphatic hydroxyl groups excluding tert-OH is 1. The van der Waals surface area contributed by atoms with Crippen LogP contribution < -0.4 is 20.4 Å². The third-order valence-corrected chi connectivity index (χ3v) is 4.77. The van der Waals surface area contributed by atoms with Crippen molar-refractivity contribution in [3.05, 3.63) is 63.5 Å². The van der Waals surface area contributed by atoms with Gasteiger partial charge in [0.05, 0.1) is 26.2 Å². The normalized spacial score (nSPS) is 10.8. The third kappa shape index (κ3) is 4.25. The van der Waals surface area contributed by atoms with E-state index in [-0.39, 0.29) is 24.5 Å². The average molecular weight is 397 g/mol. The number of rotatable bonds is 7. The molecule has 0 aliphatic heterocycles. The average Bonchev–Trinajstić information content (AvgIpc) is 2.72. The molecule has 0 unspecified atom stereocenters. The second-order valence-corrected chi connectivity index (χ2v) is 6.57. The number of carbonyl (C=O) groups is 1. The zero-order chi connectivity index (χ0) is 21.0. The molecule has 0 aliphatic carbocycles. The molecule has 0 spiro atoms. The molecule has 1 amide bonds. The van der Waals surface area contributed by atoms with Gasteiger partial charge in [-0.05, 0) is 48.7 Å². The lowest BCUT2D eigenvalue weighted by Crippen LogP contribution is -2.20. The van der Waals surface area contributed by atoms with E-state index in [0.29, 0.717) is 40.1 Å². The zero-order valence-electron chi connectivity index (χ0n) is 16.6. The summed E-state index contributed by atoms with van der Waals surface area (Å²) in [6.07, 6.45) is 0.441. The van der Waals surface area contributed by atoms with E-state index in [2.05, 4.69) is 5.32 Å². The van der Waals surface area contributed by atoms with E-state index in [1.807, 2.05) is 12.1 Å². The lowest BCUT2D eigenvalue weighted by Gasteiger charge is -2.13. The number of aryl methyl sites for hydroxylation is 1. The maximum absolute atomic E-state index is 12.6. The second kappa shape index (κ2) is 8.79. The summed E-state index contributed by atoms with van der Waals surface area (Å²) in [5.74, 6) is 0.469. The van der Waals surface area contributed by atoms with Crippen LogP contribution >= 0.6 is 0 Å². The maximum Gasteiger partial charge on any atom is 0.340 e. The summed E-state index contributed by atoms with van der Waals surface area (Å²) in [7, 11) is 2.98. The van der Waals surface area contributed by atoms with Crippen molar-refractivity contribution in [3.8, 4) is 11.5 Å². The summed E-state index contributed by atoms with van der Waals surface area (Å²) in [5.41, 5.74) is 2.24. The highest BCUT2D eigenvalue weighted by molar-refractivity contribution is 5.94. The lowest BCUT2D eigenvalue weighted by atomic mass is 10.0. The third-order valence-electron chi connectivity index (χ3n) is 4.77. The minimum absolute atomic E-state index is 0.0688. The summed E-state index contributed by atoms with van der Waals surface area (Å²) in [6, 6.07) is 10.7. The fourth-order valence-electron chi connectivity index (χ4n) is 3.22. The van der Waals surface area contributed by atoms with Crippen molar-refractivity contribution < 1.29 is 23.8 Å². The van der Waals surface area contributed by atoms with E-state index >= 15 is 0 Å². The summed E-state index contributed by atoms with van der Waals surface area (Å²) < 4.78 is 16.0. The molecule has 2 aromatic carbocycles. The molecule has 0 aliphatic rings. The second-order valence-electron chi connectivity index (χ2n) is 6.57. The van der Waals surface area contributed by atoms with E-state index < -0.39 is 5.63 Å². The van der Waals surface area contributed by atoms with Crippen molar-refractivity contribution in [2.45, 2.75) is 19.8 Å². The van der Waals surface area contributed by atoms with Gasteiger partial charge in [0.25, 0.3) is 0 Å². The fourth-order valence-corrected chi connectivity index (χ4v) is 3.22. The quantitative estimate of drug-likeness (QED) is 0.595. The van der Waals surface area contributed by atoms with Gasteiger partial charge in [-0.15, -0.1) is 0 Å². The smallest absolute Gasteiger partial charge is 0.340 e. The number of aliphatic hydroxyl groups is 1. The van der Waals surface area contributed by atoms with Crippen LogP contribution in [0.3, 0.4) is 0 Å². The monoisotopic (exact) mass is 397 g/mol. The van der Waals surface area contributed by atoms with Crippen molar-refractivity contribution in [1.29, 1.82) is 0 Å². The predicted molar refractivity (Wildman–Crippen MR) is 110 cm³/mol. The van der Waals surface area contributed by atoms with Gasteiger partial charge in [-0.2, -0.15) is 0 Å². The van der Waals surface area contributed by atoms with Crippen LogP contribution in [-0.2, 0) is 17.6 Å². The molecule has 0 radical (unpaired) electrons. The van der Waals surface area contributed by atoms with Gasteiger partial charge >= 0.3 is 5.63 Å². The topological polar surface area (TPSA) is 98.0 Å². The van der Waals surface area contributed by atoms with E-state index in [1.165, 1.54) is 14.2 Å². The van der Waals surface area contributed by atoms with E-state index in [1.54, 1.807) is 31.2 Å². The molecule has 3 aromatic rings. The summed E-state index contributed by atoms with van der Waals surface area (Å²) >= 11 is 0. The molecule has 0 fully saturated rings. The minimum atomic E-state index is -0.588. The Balaban J connectivity index is 1.88. The van der Waals surface area contributed by atoms with Crippen LogP contribution in [0.1, 0.15) is 16.7 Å². The number of carbonyl (C=O) groups excluding carboxylic acids is 1. The number of amides is 1. The van der Waals surface area contributed by atoms with Crippen LogP contribution in [0.5, 0.6) is 11.5 Å². The van der Waals surface area contributed by atoms with Gasteiger partial charge in [-0.25, -0.2) is 4.79 Å². The molecule has 152 valence electrons. The van der Waals surface area contributed by atoms with E-state index in [0.717, 1.165) is 5.56 Å². The Bertz CT molecular complexity index is 1090. The number of ether oxygens (including phenoxy) is 2. The number of fused-ring (bicyclic) bond motifs is 1. The molecular weight excluding hydrogens is 374 g/mol. The molecular formula is C22H23NO6. The number of hydrogen-bond donors (Lipinski definition) is 2. The first-order chi connectivity index (χ1) is 14.0. The van der Waals surface area contributed by atoms with Crippen molar-refractivity contribution in [1.82, 2.24) is 0 Å². The predicted octanol–water partition coefficient (Wildman–Crippen LogP) is 2.83. The minimum Gasteiger partial charge on any atom is -0.493 e. The van der Waals surface area contributed by atoms with Gasteiger partial charge in [-0.3, -0.25) is 4.79 Å². The van der Waals surface area contributed by atoms with E-state index in [9.17, 15) is 9.59 Å². The van der Waals surface area contributed by atoms with Crippen molar-refractivity contribution in [2.24, 2.45) is 0 Å². The van der Waals surface area contributed by atoms with Gasteiger partial charge in [0.15, 0.2) is 11.3 Å². The molecule has 1 aromatic heterocycles. The number of benzene rings is 2. The maximum atomic E-state index is 12.6. The Kier molecular flexibility index (Phi) is 6.19. The molecule has 0 bridgehead atoms. The van der Waals surface area contributed by atoms with Gasteiger partial charge in [0.2, 0.25) is 11.7 Å². The number of methoxy groups -OCH3 is 2. The lowest BCUT2D eigenvalue weighted by molar-refractivity contribution is -0.115. The van der Waals surface area contributed by atoms with Gasteiger partial charge in [-0.1, -0.05) is 12.1 Å². The van der Waals surface area contributed by atoms with Crippen molar-refractivity contribution >= 4 is 22.6 Å². The SMILES string of the molecule is COc1ccc2c(C)c(CC(=O)Nc3ccc(CCO)cc3)c(=O)oc2c1OC. The molecule has 7 nitrogen and oxygen atoms in total. The van der Waals surface area contributed by atoms with Crippen LogP contribution in [0.15, 0.2) is 45.6 Å². The van der Waals surface area contributed by atoms with E-state index in [4.69, 9.17) is 19.0 Å². The van der Waals surface area contributed by atoms with Crippen LogP contribution in [0, 0.1) is 6.92 Å².